The van der Waals surface area contributed by atoms with Gasteiger partial charge in [-0.2, -0.15) is 0 Å². The van der Waals surface area contributed by atoms with Crippen LogP contribution in [-0.4, -0.2) is 25.4 Å². The summed E-state index contributed by atoms with van der Waals surface area (Å²) in [6.07, 6.45) is 3.17. The molecule has 1 aliphatic carbocycles. The maximum atomic E-state index is 12.4. The summed E-state index contributed by atoms with van der Waals surface area (Å²) in [4.78, 5) is 9.85. The van der Waals surface area contributed by atoms with Crippen LogP contribution in [0.4, 0.5) is 5.69 Å². The standard InChI is InChI=1S/C12H16ClN3O4S/c13-10-7-9(16(17)18)3-4-11(10)21(19,20)15-12(8-14)5-1-2-6-12/h3-4,7,15H,1-2,5-6,8,14H2. The van der Waals surface area contributed by atoms with Crippen molar-refractivity contribution in [1.29, 1.82) is 0 Å². The summed E-state index contributed by atoms with van der Waals surface area (Å²) in [6, 6.07) is 3.28. The molecule has 0 unspecified atom stereocenters. The molecule has 2 rings (SSSR count). The SMILES string of the molecule is NCC1(NS(=O)(=O)c2ccc([N+](=O)[O-])cc2Cl)CCCC1. The minimum absolute atomic E-state index is 0.172. The van der Waals surface area contributed by atoms with Gasteiger partial charge in [-0.3, -0.25) is 10.1 Å². The molecular formula is C12H16ClN3O4S. The lowest BCUT2D eigenvalue weighted by molar-refractivity contribution is -0.384. The third-order valence-electron chi connectivity index (χ3n) is 3.72. The van der Waals surface area contributed by atoms with Gasteiger partial charge in [0.2, 0.25) is 10.0 Å². The van der Waals surface area contributed by atoms with E-state index in [1.54, 1.807) is 0 Å². The van der Waals surface area contributed by atoms with Gasteiger partial charge in [-0.25, -0.2) is 13.1 Å². The number of rotatable bonds is 5. The zero-order valence-electron chi connectivity index (χ0n) is 11.2. The number of halogens is 1. The maximum absolute atomic E-state index is 12.4. The highest BCUT2D eigenvalue weighted by molar-refractivity contribution is 7.89. The number of sulfonamides is 1. The van der Waals surface area contributed by atoms with Gasteiger partial charge in [0.05, 0.1) is 9.95 Å². The van der Waals surface area contributed by atoms with E-state index in [9.17, 15) is 18.5 Å². The highest BCUT2D eigenvalue weighted by Crippen LogP contribution is 2.32. The molecule has 1 aromatic carbocycles. The summed E-state index contributed by atoms with van der Waals surface area (Å²) >= 11 is 5.88. The summed E-state index contributed by atoms with van der Waals surface area (Å²) < 4.78 is 27.5. The van der Waals surface area contributed by atoms with Crippen LogP contribution in [0, 0.1) is 10.1 Å². The number of hydrogen-bond acceptors (Lipinski definition) is 5. The third kappa shape index (κ3) is 3.34. The van der Waals surface area contributed by atoms with Gasteiger partial charge in [-0.05, 0) is 18.9 Å². The number of nitrogens with two attached hydrogens (primary N) is 1. The highest BCUT2D eigenvalue weighted by atomic mass is 35.5. The Morgan fingerprint density at radius 1 is 1.38 bits per heavy atom. The smallest absolute Gasteiger partial charge is 0.271 e. The molecule has 0 atom stereocenters. The normalized spacial score (nSPS) is 17.8. The largest absolute Gasteiger partial charge is 0.329 e. The van der Waals surface area contributed by atoms with E-state index in [2.05, 4.69) is 4.72 Å². The maximum Gasteiger partial charge on any atom is 0.271 e. The van der Waals surface area contributed by atoms with E-state index in [0.717, 1.165) is 31.0 Å². The van der Waals surface area contributed by atoms with Gasteiger partial charge in [0, 0.05) is 24.2 Å². The van der Waals surface area contributed by atoms with Crippen LogP contribution >= 0.6 is 11.6 Å². The zero-order chi connectivity index (χ0) is 15.7. The number of nitrogens with one attached hydrogen (secondary N) is 1. The van der Waals surface area contributed by atoms with Gasteiger partial charge >= 0.3 is 0 Å². The molecule has 0 amide bonds. The fourth-order valence-electron chi connectivity index (χ4n) is 2.56. The fourth-order valence-corrected chi connectivity index (χ4v) is 4.57. The van der Waals surface area contributed by atoms with E-state index in [0.29, 0.717) is 12.8 Å². The average Bonchev–Trinajstić information content (AvgIpc) is 2.86. The second kappa shape index (κ2) is 5.88. The van der Waals surface area contributed by atoms with Crippen molar-refractivity contribution in [2.24, 2.45) is 5.73 Å². The fraction of sp³-hybridized carbons (Fsp3) is 0.500. The van der Waals surface area contributed by atoms with Crippen molar-refractivity contribution in [3.05, 3.63) is 33.3 Å². The van der Waals surface area contributed by atoms with E-state index in [1.165, 1.54) is 0 Å². The molecule has 116 valence electrons. The number of nitro groups is 1. The first-order valence-corrected chi connectivity index (χ1v) is 8.34. The molecule has 0 spiro atoms. The zero-order valence-corrected chi connectivity index (χ0v) is 12.8. The van der Waals surface area contributed by atoms with Crippen molar-refractivity contribution in [2.75, 3.05) is 6.54 Å². The predicted molar refractivity (Wildman–Crippen MR) is 78.7 cm³/mol. The average molecular weight is 334 g/mol. The van der Waals surface area contributed by atoms with Crippen LogP contribution in [0.25, 0.3) is 0 Å². The Kier molecular flexibility index (Phi) is 4.52. The van der Waals surface area contributed by atoms with Crippen molar-refractivity contribution >= 4 is 27.3 Å². The second-order valence-corrected chi connectivity index (χ2v) is 7.23. The number of nitro benzene ring substituents is 1. The first-order chi connectivity index (χ1) is 9.80. The molecule has 9 heteroatoms. The van der Waals surface area contributed by atoms with E-state index in [4.69, 9.17) is 17.3 Å². The van der Waals surface area contributed by atoms with Gasteiger partial charge < -0.3 is 5.73 Å². The minimum atomic E-state index is -3.87. The van der Waals surface area contributed by atoms with Crippen molar-refractivity contribution in [2.45, 2.75) is 36.1 Å². The molecule has 1 aliphatic rings. The third-order valence-corrected chi connectivity index (χ3v) is 5.78. The molecule has 1 saturated carbocycles. The summed E-state index contributed by atoms with van der Waals surface area (Å²) in [7, 11) is -3.87. The second-order valence-electron chi connectivity index (χ2n) is 5.17. The highest BCUT2D eigenvalue weighted by Gasteiger charge is 2.37. The molecule has 3 N–H and O–H groups in total. The van der Waals surface area contributed by atoms with E-state index in [1.807, 2.05) is 0 Å². The topological polar surface area (TPSA) is 115 Å². The molecule has 0 radical (unpaired) electrons. The van der Waals surface area contributed by atoms with Gasteiger partial charge in [-0.15, -0.1) is 0 Å². The lowest BCUT2D eigenvalue weighted by Crippen LogP contribution is -2.51. The summed E-state index contributed by atoms with van der Waals surface area (Å²) in [5.74, 6) is 0. The molecule has 0 heterocycles. The Morgan fingerprint density at radius 3 is 2.48 bits per heavy atom. The number of hydrogen-bond donors (Lipinski definition) is 2. The lowest BCUT2D eigenvalue weighted by atomic mass is 10.0. The first-order valence-electron chi connectivity index (χ1n) is 6.48. The number of non-ortho nitro benzene ring substituents is 1. The van der Waals surface area contributed by atoms with Crippen LogP contribution in [0.15, 0.2) is 23.1 Å². The van der Waals surface area contributed by atoms with Gasteiger partial charge in [0.1, 0.15) is 4.90 Å². The number of nitrogens with zero attached hydrogens (tertiary/aromatic N) is 1. The Hall–Kier alpha value is -1.22. The Balaban J connectivity index is 2.33. The quantitative estimate of drug-likeness (QED) is 0.629. The Morgan fingerprint density at radius 2 is 2.00 bits per heavy atom. The summed E-state index contributed by atoms with van der Waals surface area (Å²) in [5.41, 5.74) is 4.80. The van der Waals surface area contributed by atoms with Crippen molar-refractivity contribution in [3.8, 4) is 0 Å². The van der Waals surface area contributed by atoms with Crippen molar-refractivity contribution in [1.82, 2.24) is 4.72 Å². The first kappa shape index (κ1) is 16.2. The van der Waals surface area contributed by atoms with Crippen LogP contribution in [0.3, 0.4) is 0 Å². The molecule has 1 aromatic rings. The Labute approximate surface area is 127 Å². The van der Waals surface area contributed by atoms with Gasteiger partial charge in [0.15, 0.2) is 0 Å². The summed E-state index contributed by atoms with van der Waals surface area (Å²) in [5, 5.41) is 10.5. The number of benzene rings is 1. The Bertz CT molecular complexity index is 656. The van der Waals surface area contributed by atoms with Crippen LogP contribution in [0.1, 0.15) is 25.7 Å². The molecule has 7 nitrogen and oxygen atoms in total. The molecule has 0 saturated heterocycles. The molecule has 0 aliphatic heterocycles. The molecule has 1 fully saturated rings. The molecular weight excluding hydrogens is 318 g/mol. The predicted octanol–water partition coefficient (Wildman–Crippen LogP) is 1.80. The molecule has 0 bridgehead atoms. The van der Waals surface area contributed by atoms with E-state index >= 15 is 0 Å². The van der Waals surface area contributed by atoms with Crippen LogP contribution in [0.5, 0.6) is 0 Å². The lowest BCUT2D eigenvalue weighted by Gasteiger charge is -2.28. The van der Waals surface area contributed by atoms with Crippen molar-refractivity contribution < 1.29 is 13.3 Å². The van der Waals surface area contributed by atoms with Gasteiger partial charge in [-0.1, -0.05) is 24.4 Å². The van der Waals surface area contributed by atoms with Crippen molar-refractivity contribution in [3.63, 3.8) is 0 Å². The minimum Gasteiger partial charge on any atom is -0.329 e. The molecule has 0 aromatic heterocycles. The van der Waals surface area contributed by atoms with Crippen LogP contribution < -0.4 is 10.5 Å². The summed E-state index contributed by atoms with van der Waals surface area (Å²) in [6.45, 7) is 0.205. The van der Waals surface area contributed by atoms with Gasteiger partial charge in [0.25, 0.3) is 5.69 Å². The van der Waals surface area contributed by atoms with E-state index < -0.39 is 20.5 Å². The monoisotopic (exact) mass is 333 g/mol. The molecule has 21 heavy (non-hydrogen) atoms. The van der Waals surface area contributed by atoms with Crippen LogP contribution in [0.2, 0.25) is 5.02 Å². The van der Waals surface area contributed by atoms with Crippen LogP contribution in [-0.2, 0) is 10.0 Å². The van der Waals surface area contributed by atoms with E-state index in [-0.39, 0.29) is 22.2 Å².